The molecule has 0 atom stereocenters. The van der Waals surface area contributed by atoms with Gasteiger partial charge in [-0.3, -0.25) is 9.59 Å². The molecule has 0 aliphatic carbocycles. The molecule has 1 aliphatic heterocycles. The Morgan fingerprint density at radius 1 is 1.04 bits per heavy atom. The lowest BCUT2D eigenvalue weighted by molar-refractivity contribution is -0.131. The van der Waals surface area contributed by atoms with Crippen molar-refractivity contribution >= 4 is 40.3 Å². The molecule has 1 aromatic heterocycles. The molecule has 1 aromatic carbocycles. The maximum absolute atomic E-state index is 12.3. The van der Waals surface area contributed by atoms with E-state index in [1.54, 1.807) is 0 Å². The Labute approximate surface area is 157 Å². The van der Waals surface area contributed by atoms with Crippen LogP contribution < -0.4 is 4.90 Å². The summed E-state index contributed by atoms with van der Waals surface area (Å²) in [5.74, 6) is 0.276. The highest BCUT2D eigenvalue weighted by Gasteiger charge is 2.21. The first-order valence-electron chi connectivity index (χ1n) is 8.48. The maximum Gasteiger partial charge on any atom is 0.222 e. The number of nitrogens with zero attached hydrogens (tertiary/aromatic N) is 2. The van der Waals surface area contributed by atoms with Gasteiger partial charge < -0.3 is 9.80 Å². The quantitative estimate of drug-likeness (QED) is 0.712. The second kappa shape index (κ2) is 8.50. The molecule has 1 amide bonds. The van der Waals surface area contributed by atoms with E-state index in [0.717, 1.165) is 28.7 Å². The molecule has 3 rings (SSSR count). The summed E-state index contributed by atoms with van der Waals surface area (Å²) in [6.45, 7) is 3.04. The Kier molecular flexibility index (Phi) is 6.10. The van der Waals surface area contributed by atoms with Crippen molar-refractivity contribution in [3.05, 3.63) is 51.7 Å². The third kappa shape index (κ3) is 4.83. The highest BCUT2D eigenvalue weighted by molar-refractivity contribution is 7.12. The predicted molar refractivity (Wildman–Crippen MR) is 103 cm³/mol. The van der Waals surface area contributed by atoms with Crippen LogP contribution in [0.25, 0.3) is 0 Å². The molecule has 1 fully saturated rings. The summed E-state index contributed by atoms with van der Waals surface area (Å²) >= 11 is 7.50. The van der Waals surface area contributed by atoms with Crippen LogP contribution in [-0.2, 0) is 4.79 Å². The molecule has 25 heavy (non-hydrogen) atoms. The van der Waals surface area contributed by atoms with Crippen molar-refractivity contribution in [3.63, 3.8) is 0 Å². The van der Waals surface area contributed by atoms with Crippen LogP contribution in [0.4, 0.5) is 5.69 Å². The number of amides is 1. The van der Waals surface area contributed by atoms with Gasteiger partial charge in [0.05, 0.1) is 4.88 Å². The SMILES string of the molecule is O=C(CCCC(=O)N1CCN(c2cccc(Cl)c2)CC1)c1cccs1. The molecule has 0 radical (unpaired) electrons. The first-order valence-corrected chi connectivity index (χ1v) is 9.74. The number of hydrogen-bond donors (Lipinski definition) is 0. The van der Waals surface area contributed by atoms with E-state index < -0.39 is 0 Å². The lowest BCUT2D eigenvalue weighted by atomic mass is 10.1. The molecule has 2 heterocycles. The number of thiophene rings is 1. The lowest BCUT2D eigenvalue weighted by Gasteiger charge is -2.36. The lowest BCUT2D eigenvalue weighted by Crippen LogP contribution is -2.48. The number of hydrogen-bond acceptors (Lipinski definition) is 4. The number of Topliss-reactive ketones (excluding diaryl/α,β-unsaturated/α-hetero) is 1. The Hall–Kier alpha value is -1.85. The van der Waals surface area contributed by atoms with Gasteiger partial charge >= 0.3 is 0 Å². The Morgan fingerprint density at radius 2 is 1.84 bits per heavy atom. The average molecular weight is 377 g/mol. The molecule has 0 N–H and O–H groups in total. The standard InChI is InChI=1S/C19H21ClN2O2S/c20-15-4-1-5-16(14-15)21-9-11-22(12-10-21)19(24)8-2-6-17(23)18-7-3-13-25-18/h1,3-5,7,13-14H,2,6,8-12H2. The fourth-order valence-electron chi connectivity index (χ4n) is 3.01. The number of halogens is 1. The van der Waals surface area contributed by atoms with Crippen molar-refractivity contribution in [2.75, 3.05) is 31.1 Å². The number of ketones is 1. The van der Waals surface area contributed by atoms with Gasteiger partial charge in [-0.2, -0.15) is 0 Å². The van der Waals surface area contributed by atoms with Crippen LogP contribution in [0.1, 0.15) is 28.9 Å². The molecule has 0 spiro atoms. The second-order valence-corrected chi connectivity index (χ2v) is 7.49. The van der Waals surface area contributed by atoms with Crippen LogP contribution in [0, 0.1) is 0 Å². The fourth-order valence-corrected chi connectivity index (χ4v) is 3.88. The van der Waals surface area contributed by atoms with Gasteiger partial charge in [0.1, 0.15) is 0 Å². The third-order valence-electron chi connectivity index (χ3n) is 4.40. The van der Waals surface area contributed by atoms with Gasteiger partial charge in [-0.1, -0.05) is 23.7 Å². The maximum atomic E-state index is 12.3. The van der Waals surface area contributed by atoms with Gasteiger partial charge in [0.25, 0.3) is 0 Å². The third-order valence-corrected chi connectivity index (χ3v) is 5.54. The fraction of sp³-hybridized carbons (Fsp3) is 0.368. The van der Waals surface area contributed by atoms with Crippen molar-refractivity contribution in [1.29, 1.82) is 0 Å². The van der Waals surface area contributed by atoms with Gasteiger partial charge in [0.2, 0.25) is 5.91 Å². The Bertz CT molecular complexity index is 725. The van der Waals surface area contributed by atoms with Crippen molar-refractivity contribution in [2.45, 2.75) is 19.3 Å². The molecule has 4 nitrogen and oxygen atoms in total. The van der Waals surface area contributed by atoms with Crippen LogP contribution in [0.2, 0.25) is 5.02 Å². The minimum Gasteiger partial charge on any atom is -0.368 e. The summed E-state index contributed by atoms with van der Waals surface area (Å²) in [6.07, 6.45) is 1.49. The number of piperazine rings is 1. The molecule has 0 unspecified atom stereocenters. The number of carbonyl (C=O) groups is 2. The Balaban J connectivity index is 1.41. The highest BCUT2D eigenvalue weighted by Crippen LogP contribution is 2.21. The summed E-state index contributed by atoms with van der Waals surface area (Å²) < 4.78 is 0. The molecule has 1 aliphatic rings. The first-order chi connectivity index (χ1) is 12.1. The van der Waals surface area contributed by atoms with Crippen LogP contribution in [0.3, 0.4) is 0 Å². The minimum atomic E-state index is 0.133. The first kappa shape index (κ1) is 18.0. The van der Waals surface area contributed by atoms with E-state index in [9.17, 15) is 9.59 Å². The molecule has 0 saturated carbocycles. The molecular formula is C19H21ClN2O2S. The van der Waals surface area contributed by atoms with Crippen molar-refractivity contribution in [1.82, 2.24) is 4.90 Å². The monoisotopic (exact) mass is 376 g/mol. The number of benzene rings is 1. The van der Waals surface area contributed by atoms with E-state index in [1.165, 1.54) is 11.3 Å². The van der Waals surface area contributed by atoms with E-state index in [2.05, 4.69) is 4.90 Å². The van der Waals surface area contributed by atoms with E-state index in [4.69, 9.17) is 11.6 Å². The average Bonchev–Trinajstić information content (AvgIpc) is 3.16. The summed E-state index contributed by atoms with van der Waals surface area (Å²) in [7, 11) is 0. The number of anilines is 1. The number of carbonyl (C=O) groups excluding carboxylic acids is 2. The molecule has 1 saturated heterocycles. The highest BCUT2D eigenvalue weighted by atomic mass is 35.5. The topological polar surface area (TPSA) is 40.6 Å². The molecule has 6 heteroatoms. The zero-order valence-corrected chi connectivity index (χ0v) is 15.6. The number of rotatable bonds is 6. The van der Waals surface area contributed by atoms with Crippen LogP contribution in [-0.4, -0.2) is 42.8 Å². The zero-order chi connectivity index (χ0) is 17.6. The van der Waals surface area contributed by atoms with Crippen LogP contribution >= 0.6 is 22.9 Å². The smallest absolute Gasteiger partial charge is 0.222 e. The van der Waals surface area contributed by atoms with Crippen LogP contribution in [0.5, 0.6) is 0 Å². The van der Waals surface area contributed by atoms with Crippen molar-refractivity contribution in [2.24, 2.45) is 0 Å². The zero-order valence-electron chi connectivity index (χ0n) is 14.0. The van der Waals surface area contributed by atoms with Gasteiger partial charge in [0.15, 0.2) is 5.78 Å². The van der Waals surface area contributed by atoms with E-state index >= 15 is 0 Å². The summed E-state index contributed by atoms with van der Waals surface area (Å²) in [4.78, 5) is 29.2. The van der Waals surface area contributed by atoms with Gasteiger partial charge in [-0.05, 0) is 36.1 Å². The van der Waals surface area contributed by atoms with Crippen molar-refractivity contribution in [3.8, 4) is 0 Å². The molecule has 0 bridgehead atoms. The van der Waals surface area contributed by atoms with E-state index in [1.807, 2.05) is 46.7 Å². The van der Waals surface area contributed by atoms with E-state index in [0.29, 0.717) is 32.4 Å². The second-order valence-electron chi connectivity index (χ2n) is 6.10. The van der Waals surface area contributed by atoms with Gasteiger partial charge in [0, 0.05) is 49.7 Å². The molecule has 132 valence electrons. The van der Waals surface area contributed by atoms with Gasteiger partial charge in [-0.25, -0.2) is 0 Å². The summed E-state index contributed by atoms with van der Waals surface area (Å²) in [6, 6.07) is 11.5. The van der Waals surface area contributed by atoms with Crippen molar-refractivity contribution < 1.29 is 9.59 Å². The normalized spacial score (nSPS) is 14.6. The minimum absolute atomic E-state index is 0.133. The van der Waals surface area contributed by atoms with Gasteiger partial charge in [-0.15, -0.1) is 11.3 Å². The summed E-state index contributed by atoms with van der Waals surface area (Å²) in [5.41, 5.74) is 1.10. The van der Waals surface area contributed by atoms with E-state index in [-0.39, 0.29) is 11.7 Å². The predicted octanol–water partition coefficient (Wildman–Crippen LogP) is 4.10. The molecular weight excluding hydrogens is 356 g/mol. The largest absolute Gasteiger partial charge is 0.368 e. The Morgan fingerprint density at radius 3 is 2.52 bits per heavy atom. The van der Waals surface area contributed by atoms with Crippen LogP contribution in [0.15, 0.2) is 41.8 Å². The summed E-state index contributed by atoms with van der Waals surface area (Å²) in [5, 5.41) is 2.63. The molecule has 2 aromatic rings.